The third-order valence-corrected chi connectivity index (χ3v) is 2.66. The van der Waals surface area contributed by atoms with Crippen LogP contribution >= 0.6 is 15.9 Å². The summed E-state index contributed by atoms with van der Waals surface area (Å²) in [6.45, 7) is 0. The fourth-order valence-electron chi connectivity index (χ4n) is 1.45. The number of halogens is 1. The molecule has 0 saturated carbocycles. The molecule has 2 rings (SSSR count). The van der Waals surface area contributed by atoms with Crippen LogP contribution in [0.5, 0.6) is 0 Å². The molecule has 0 atom stereocenters. The van der Waals surface area contributed by atoms with Gasteiger partial charge in [0.2, 0.25) is 5.89 Å². The Balaban J connectivity index is 1.86. The molecule has 1 heterocycles. The van der Waals surface area contributed by atoms with Gasteiger partial charge >= 0.3 is 5.82 Å². The second-order valence-corrected chi connectivity index (χ2v) is 4.33. The monoisotopic (exact) mass is 283 g/mol. The molecule has 0 unspecified atom stereocenters. The van der Waals surface area contributed by atoms with E-state index in [9.17, 15) is 4.79 Å². The summed E-state index contributed by atoms with van der Waals surface area (Å²) in [6.07, 6.45) is 2.39. The molecule has 0 bridgehead atoms. The summed E-state index contributed by atoms with van der Waals surface area (Å²) in [5.41, 5.74) is 1.24. The highest BCUT2D eigenvalue weighted by Crippen LogP contribution is 2.13. The Labute approximate surface area is 100 Å². The molecule has 5 heteroatoms. The Morgan fingerprint density at radius 3 is 2.88 bits per heavy atom. The van der Waals surface area contributed by atoms with Gasteiger partial charge in [-0.1, -0.05) is 28.1 Å². The van der Waals surface area contributed by atoms with Crippen LogP contribution < -0.4 is 5.82 Å². The maximum atomic E-state index is 10.6. The van der Waals surface area contributed by atoms with Crippen LogP contribution in [0.15, 0.2) is 42.5 Å². The third-order valence-electron chi connectivity index (χ3n) is 2.17. The lowest BCUT2D eigenvalue weighted by Crippen LogP contribution is -1.91. The Morgan fingerprint density at radius 2 is 2.19 bits per heavy atom. The number of nitrogens with zero attached hydrogens (tertiary/aromatic N) is 1. The van der Waals surface area contributed by atoms with Crippen molar-refractivity contribution in [3.63, 3.8) is 0 Å². The highest BCUT2D eigenvalue weighted by atomic mass is 79.9. The van der Waals surface area contributed by atoms with Gasteiger partial charge in [0.05, 0.1) is 0 Å². The highest BCUT2D eigenvalue weighted by Gasteiger charge is 2.03. The van der Waals surface area contributed by atoms with E-state index in [1.54, 1.807) is 0 Å². The first-order chi connectivity index (χ1) is 7.74. The first kappa shape index (κ1) is 11.1. The summed E-state index contributed by atoms with van der Waals surface area (Å²) in [6, 6.07) is 8.11. The molecule has 0 spiro atoms. The Hall–Kier alpha value is -1.36. The minimum absolute atomic E-state index is 0.361. The summed E-state index contributed by atoms with van der Waals surface area (Å²) < 4.78 is 10.1. The second kappa shape index (κ2) is 5.12. The third kappa shape index (κ3) is 3.06. The number of benzene rings is 1. The molecular formula is C11H10BrNO3. The second-order valence-electron chi connectivity index (χ2n) is 3.41. The maximum absolute atomic E-state index is 10.6. The van der Waals surface area contributed by atoms with Gasteiger partial charge in [-0.3, -0.25) is 4.52 Å². The molecule has 16 heavy (non-hydrogen) atoms. The summed E-state index contributed by atoms with van der Waals surface area (Å²) in [5.74, 6) is -0.377. The maximum Gasteiger partial charge on any atom is 0.542 e. The van der Waals surface area contributed by atoms with Gasteiger partial charge in [0.15, 0.2) is 0 Å². The number of aryl methyl sites for hydroxylation is 2. The average molecular weight is 284 g/mol. The molecule has 0 aliphatic heterocycles. The van der Waals surface area contributed by atoms with E-state index in [1.807, 2.05) is 12.1 Å². The number of rotatable bonds is 4. The van der Waals surface area contributed by atoms with E-state index in [2.05, 4.69) is 37.7 Å². The SMILES string of the molecule is O=c1onc(CCCc2cccc(Br)c2)o1. The van der Waals surface area contributed by atoms with Gasteiger partial charge in [-0.05, 0) is 35.7 Å². The first-order valence-electron chi connectivity index (χ1n) is 4.94. The normalized spacial score (nSPS) is 10.6. The van der Waals surface area contributed by atoms with Crippen molar-refractivity contribution < 1.29 is 8.94 Å². The summed E-state index contributed by atoms with van der Waals surface area (Å²) >= 11 is 3.42. The zero-order chi connectivity index (χ0) is 11.4. The van der Waals surface area contributed by atoms with Crippen molar-refractivity contribution in [3.05, 3.63) is 50.8 Å². The zero-order valence-corrected chi connectivity index (χ0v) is 10.1. The van der Waals surface area contributed by atoms with Crippen molar-refractivity contribution >= 4 is 15.9 Å². The van der Waals surface area contributed by atoms with Gasteiger partial charge in [0, 0.05) is 10.9 Å². The van der Waals surface area contributed by atoms with Crippen LogP contribution in [-0.2, 0) is 12.8 Å². The Kier molecular flexibility index (Phi) is 3.56. The van der Waals surface area contributed by atoms with Crippen LogP contribution in [0.3, 0.4) is 0 Å². The van der Waals surface area contributed by atoms with Crippen LogP contribution in [-0.4, -0.2) is 5.16 Å². The largest absolute Gasteiger partial charge is 0.542 e. The van der Waals surface area contributed by atoms with Gasteiger partial charge in [-0.2, -0.15) is 0 Å². The molecule has 4 nitrogen and oxygen atoms in total. The van der Waals surface area contributed by atoms with E-state index in [-0.39, 0.29) is 0 Å². The van der Waals surface area contributed by atoms with Crippen molar-refractivity contribution in [2.24, 2.45) is 0 Å². The fourth-order valence-corrected chi connectivity index (χ4v) is 1.90. The Bertz CT molecular complexity index is 518. The van der Waals surface area contributed by atoms with Crippen LogP contribution in [0.25, 0.3) is 0 Å². The van der Waals surface area contributed by atoms with Crippen LogP contribution in [0.4, 0.5) is 0 Å². The van der Waals surface area contributed by atoms with E-state index in [1.165, 1.54) is 5.56 Å². The lowest BCUT2D eigenvalue weighted by Gasteiger charge is -1.99. The zero-order valence-electron chi connectivity index (χ0n) is 8.48. The number of aromatic nitrogens is 1. The van der Waals surface area contributed by atoms with Crippen molar-refractivity contribution in [1.82, 2.24) is 5.16 Å². The van der Waals surface area contributed by atoms with Gasteiger partial charge in [0.25, 0.3) is 0 Å². The van der Waals surface area contributed by atoms with E-state index in [0.29, 0.717) is 12.3 Å². The number of hydrogen-bond acceptors (Lipinski definition) is 4. The summed E-state index contributed by atoms with van der Waals surface area (Å²) in [5, 5.41) is 3.50. The fraction of sp³-hybridized carbons (Fsp3) is 0.273. The predicted molar refractivity (Wildman–Crippen MR) is 61.2 cm³/mol. The van der Waals surface area contributed by atoms with Crippen LogP contribution in [0.1, 0.15) is 17.9 Å². The molecule has 0 N–H and O–H groups in total. The minimum atomic E-state index is -0.738. The minimum Gasteiger partial charge on any atom is -0.375 e. The smallest absolute Gasteiger partial charge is 0.375 e. The van der Waals surface area contributed by atoms with Crippen LogP contribution in [0.2, 0.25) is 0 Å². The topological polar surface area (TPSA) is 56.2 Å². The summed E-state index contributed by atoms with van der Waals surface area (Å²) in [7, 11) is 0. The molecule has 0 aliphatic carbocycles. The van der Waals surface area contributed by atoms with E-state index >= 15 is 0 Å². The Morgan fingerprint density at radius 1 is 1.31 bits per heavy atom. The van der Waals surface area contributed by atoms with Crippen LogP contribution in [0, 0.1) is 0 Å². The van der Waals surface area contributed by atoms with Crippen molar-refractivity contribution in [1.29, 1.82) is 0 Å². The molecule has 1 aromatic carbocycles. The van der Waals surface area contributed by atoms with Gasteiger partial charge in [-0.25, -0.2) is 4.79 Å². The molecule has 84 valence electrons. The standard InChI is InChI=1S/C11H10BrNO3/c12-9-5-1-3-8(7-9)4-2-6-10-13-16-11(14)15-10/h1,3,5,7H,2,4,6H2. The van der Waals surface area contributed by atoms with Gasteiger partial charge < -0.3 is 4.42 Å². The molecule has 0 saturated heterocycles. The first-order valence-corrected chi connectivity index (χ1v) is 5.73. The van der Waals surface area contributed by atoms with Gasteiger partial charge in [-0.15, -0.1) is 0 Å². The molecule has 2 aromatic rings. The average Bonchev–Trinajstić information content (AvgIpc) is 2.64. The predicted octanol–water partition coefficient (Wildman–Crippen LogP) is 2.57. The summed E-state index contributed by atoms with van der Waals surface area (Å²) in [4.78, 5) is 10.6. The molecule has 1 aromatic heterocycles. The van der Waals surface area contributed by atoms with Gasteiger partial charge in [0.1, 0.15) is 0 Å². The molecule has 0 radical (unpaired) electrons. The lowest BCUT2D eigenvalue weighted by molar-refractivity contribution is 0.334. The van der Waals surface area contributed by atoms with E-state index in [4.69, 9.17) is 4.42 Å². The molecule has 0 amide bonds. The molecular weight excluding hydrogens is 274 g/mol. The molecule has 0 aliphatic rings. The highest BCUT2D eigenvalue weighted by molar-refractivity contribution is 9.10. The van der Waals surface area contributed by atoms with Crippen molar-refractivity contribution in [2.75, 3.05) is 0 Å². The van der Waals surface area contributed by atoms with E-state index in [0.717, 1.165) is 17.3 Å². The lowest BCUT2D eigenvalue weighted by atomic mass is 10.1. The quantitative estimate of drug-likeness (QED) is 0.865. The van der Waals surface area contributed by atoms with Crippen molar-refractivity contribution in [3.8, 4) is 0 Å². The molecule has 0 fully saturated rings. The van der Waals surface area contributed by atoms with Crippen molar-refractivity contribution in [2.45, 2.75) is 19.3 Å². The number of hydrogen-bond donors (Lipinski definition) is 0. The van der Waals surface area contributed by atoms with E-state index < -0.39 is 5.82 Å².